The summed E-state index contributed by atoms with van der Waals surface area (Å²) < 4.78 is 5.56. The maximum absolute atomic E-state index is 12.2. The average molecular weight is 387 g/mol. The fraction of sp³-hybridized carbons (Fsp3) is 0.632. The van der Waals surface area contributed by atoms with E-state index in [0.717, 1.165) is 0 Å². The number of aliphatic hydroxyl groups excluding tert-OH is 2. The van der Waals surface area contributed by atoms with Crippen LogP contribution in [0.4, 0.5) is 0 Å². The molecular formula is C19H27ClO6. The summed E-state index contributed by atoms with van der Waals surface area (Å²) in [5.74, 6) is -1.12. The Morgan fingerprint density at radius 1 is 1.54 bits per heavy atom. The third-order valence-corrected chi connectivity index (χ3v) is 5.75. The van der Waals surface area contributed by atoms with Gasteiger partial charge in [0.15, 0.2) is 5.60 Å². The Kier molecular flexibility index (Phi) is 6.05. The van der Waals surface area contributed by atoms with Gasteiger partial charge >= 0.3 is 0 Å². The van der Waals surface area contributed by atoms with Crippen molar-refractivity contribution in [3.05, 3.63) is 34.6 Å². The van der Waals surface area contributed by atoms with Crippen molar-refractivity contribution in [2.75, 3.05) is 6.61 Å². The minimum Gasteiger partial charge on any atom is -0.493 e. The van der Waals surface area contributed by atoms with Gasteiger partial charge in [-0.05, 0) is 43.6 Å². The summed E-state index contributed by atoms with van der Waals surface area (Å²) in [5, 5.41) is 41.0. The molecule has 4 N–H and O–H groups in total. The van der Waals surface area contributed by atoms with Crippen molar-refractivity contribution in [3.63, 3.8) is 0 Å². The molecule has 0 aromatic carbocycles. The number of hydrogen-bond acceptors (Lipinski definition) is 6. The van der Waals surface area contributed by atoms with Gasteiger partial charge in [0, 0.05) is 5.92 Å². The second-order valence-corrected chi connectivity index (χ2v) is 7.92. The highest BCUT2D eigenvalue weighted by molar-refractivity contribution is 6.44. The monoisotopic (exact) mass is 386 g/mol. The first-order valence-electron chi connectivity index (χ1n) is 8.72. The van der Waals surface area contributed by atoms with Crippen molar-refractivity contribution in [1.82, 2.24) is 0 Å². The number of carbonyl (C=O) groups is 1. The third-order valence-electron chi connectivity index (χ3n) is 5.36. The van der Waals surface area contributed by atoms with Crippen molar-refractivity contribution >= 4 is 17.4 Å². The molecule has 0 unspecified atom stereocenters. The third kappa shape index (κ3) is 3.75. The summed E-state index contributed by atoms with van der Waals surface area (Å²) in [7, 11) is 0. The zero-order valence-electron chi connectivity index (χ0n) is 15.4. The van der Waals surface area contributed by atoms with Crippen LogP contribution in [0.3, 0.4) is 0 Å². The first-order chi connectivity index (χ1) is 11.9. The molecule has 0 aromatic rings. The summed E-state index contributed by atoms with van der Waals surface area (Å²) in [6, 6.07) is 0. The highest BCUT2D eigenvalue weighted by atomic mass is 35.5. The van der Waals surface area contributed by atoms with Gasteiger partial charge in [0.25, 0.3) is 0 Å². The fourth-order valence-corrected chi connectivity index (χ4v) is 3.58. The first-order valence-corrected chi connectivity index (χ1v) is 9.10. The van der Waals surface area contributed by atoms with Crippen LogP contribution in [-0.4, -0.2) is 56.2 Å². The van der Waals surface area contributed by atoms with E-state index in [-0.39, 0.29) is 17.6 Å². The zero-order chi connectivity index (χ0) is 19.9. The Morgan fingerprint density at radius 3 is 2.73 bits per heavy atom. The van der Waals surface area contributed by atoms with Gasteiger partial charge in [-0.15, -0.1) is 0 Å². The molecule has 0 saturated carbocycles. The number of halogens is 1. The van der Waals surface area contributed by atoms with Crippen LogP contribution in [0.25, 0.3) is 0 Å². The number of allylic oxidation sites excluding steroid dienone is 2. The Hall–Kier alpha value is -1.18. The quantitative estimate of drug-likeness (QED) is 0.569. The minimum absolute atomic E-state index is 0.0301. The van der Waals surface area contributed by atoms with E-state index in [1.54, 1.807) is 0 Å². The van der Waals surface area contributed by atoms with Crippen LogP contribution < -0.4 is 0 Å². The molecular weight excluding hydrogens is 360 g/mol. The molecule has 146 valence electrons. The Balaban J connectivity index is 2.29. The highest BCUT2D eigenvalue weighted by Gasteiger charge is 2.50. The van der Waals surface area contributed by atoms with E-state index in [4.69, 9.17) is 16.3 Å². The lowest BCUT2D eigenvalue weighted by Gasteiger charge is -2.40. The van der Waals surface area contributed by atoms with Gasteiger partial charge in [-0.2, -0.15) is 0 Å². The first kappa shape index (κ1) is 21.1. The average Bonchev–Trinajstić information content (AvgIpc) is 2.61. The van der Waals surface area contributed by atoms with E-state index in [9.17, 15) is 25.2 Å². The number of rotatable bonds is 5. The van der Waals surface area contributed by atoms with Crippen LogP contribution in [0.15, 0.2) is 34.6 Å². The minimum atomic E-state index is -1.96. The summed E-state index contributed by atoms with van der Waals surface area (Å²) in [4.78, 5) is 12.2. The Bertz CT molecular complexity index is 661. The largest absolute Gasteiger partial charge is 0.493 e. The summed E-state index contributed by atoms with van der Waals surface area (Å²) in [5.41, 5.74) is -3.02. The Morgan fingerprint density at radius 2 is 2.15 bits per heavy atom. The molecule has 6 nitrogen and oxygen atoms in total. The highest BCUT2D eigenvalue weighted by Crippen LogP contribution is 2.40. The van der Waals surface area contributed by atoms with Gasteiger partial charge in [0.2, 0.25) is 5.78 Å². The molecule has 1 aliphatic carbocycles. The maximum Gasteiger partial charge on any atom is 0.208 e. The number of aliphatic hydroxyl groups is 4. The molecule has 0 aromatic heterocycles. The fourth-order valence-electron chi connectivity index (χ4n) is 3.19. The molecule has 0 fully saturated rings. The predicted molar refractivity (Wildman–Crippen MR) is 97.3 cm³/mol. The molecule has 2 rings (SSSR count). The lowest BCUT2D eigenvalue weighted by Crippen LogP contribution is -2.55. The van der Waals surface area contributed by atoms with Crippen molar-refractivity contribution in [3.8, 4) is 0 Å². The molecule has 6 atom stereocenters. The van der Waals surface area contributed by atoms with E-state index < -0.39 is 35.1 Å². The normalized spacial score (nSPS) is 34.0. The molecule has 0 amide bonds. The maximum atomic E-state index is 12.2. The van der Waals surface area contributed by atoms with Gasteiger partial charge in [-0.1, -0.05) is 31.9 Å². The van der Waals surface area contributed by atoms with Crippen LogP contribution >= 0.6 is 11.6 Å². The lowest BCUT2D eigenvalue weighted by atomic mass is 9.75. The number of carbonyl (C=O) groups excluding carboxylic acids is 1. The molecule has 2 aliphatic rings. The number of hydrogen-bond donors (Lipinski definition) is 4. The molecule has 0 spiro atoms. The van der Waals surface area contributed by atoms with Gasteiger partial charge in [0.1, 0.15) is 17.5 Å². The number of ether oxygens (including phenoxy) is 1. The zero-order valence-corrected chi connectivity index (χ0v) is 16.2. The lowest BCUT2D eigenvalue weighted by molar-refractivity contribution is -0.150. The van der Waals surface area contributed by atoms with Gasteiger partial charge < -0.3 is 25.2 Å². The SMILES string of the molecule is CC[C@H](C)[C@H](O)[C@@](C)(O)/C=C/C1=CC2=C(Cl)C(=O)[C@@](C)(O)[C@@H](O)[C@@H]2CO1. The van der Waals surface area contributed by atoms with Crippen molar-refractivity contribution in [2.24, 2.45) is 11.8 Å². The molecule has 7 heteroatoms. The summed E-state index contributed by atoms with van der Waals surface area (Å²) >= 11 is 6.10. The van der Waals surface area contributed by atoms with Crippen LogP contribution in [0.5, 0.6) is 0 Å². The van der Waals surface area contributed by atoms with E-state index in [0.29, 0.717) is 17.8 Å². The van der Waals surface area contributed by atoms with E-state index in [1.165, 1.54) is 32.1 Å². The number of ketones is 1. The van der Waals surface area contributed by atoms with Crippen molar-refractivity contribution in [2.45, 2.75) is 57.5 Å². The van der Waals surface area contributed by atoms with Crippen LogP contribution in [0.2, 0.25) is 0 Å². The summed E-state index contributed by atoms with van der Waals surface area (Å²) in [6.07, 6.45) is 2.88. The van der Waals surface area contributed by atoms with Crippen LogP contribution in [0.1, 0.15) is 34.1 Å². The van der Waals surface area contributed by atoms with Crippen molar-refractivity contribution < 1.29 is 30.0 Å². The van der Waals surface area contributed by atoms with Gasteiger partial charge in [0.05, 0.1) is 17.7 Å². The molecule has 0 saturated heterocycles. The molecule has 1 aliphatic heterocycles. The van der Waals surface area contributed by atoms with Gasteiger partial charge in [-0.3, -0.25) is 4.79 Å². The van der Waals surface area contributed by atoms with Gasteiger partial charge in [-0.25, -0.2) is 0 Å². The Labute approximate surface area is 158 Å². The topological polar surface area (TPSA) is 107 Å². The number of Topliss-reactive ketones (excluding diaryl/α,β-unsaturated/α-hetero) is 1. The second-order valence-electron chi connectivity index (χ2n) is 7.54. The summed E-state index contributed by atoms with van der Waals surface area (Å²) in [6.45, 7) is 6.53. The second kappa shape index (κ2) is 7.44. The number of fused-ring (bicyclic) bond motifs is 1. The standard InChI is InChI=1S/C19H27ClO6/c1-5-10(2)15(21)18(3,24)7-6-11-8-12-13(9-26-11)16(22)19(4,25)17(23)14(12)20/h6-8,10,13,15-16,21-22,24-25H,5,9H2,1-4H3/b7-6+/t10-,13+,15-,16-,18-,19-/m0/s1. The smallest absolute Gasteiger partial charge is 0.208 e. The van der Waals surface area contributed by atoms with Crippen molar-refractivity contribution in [1.29, 1.82) is 0 Å². The van der Waals surface area contributed by atoms with E-state index in [1.807, 2.05) is 13.8 Å². The van der Waals surface area contributed by atoms with Crippen LogP contribution in [-0.2, 0) is 9.53 Å². The van der Waals surface area contributed by atoms with Crippen LogP contribution in [0, 0.1) is 11.8 Å². The van der Waals surface area contributed by atoms with E-state index in [2.05, 4.69) is 0 Å². The van der Waals surface area contributed by atoms with E-state index >= 15 is 0 Å². The molecule has 26 heavy (non-hydrogen) atoms. The molecule has 0 radical (unpaired) electrons. The predicted octanol–water partition coefficient (Wildman–Crippen LogP) is 1.42. The molecule has 0 bridgehead atoms. The molecule has 1 heterocycles.